The summed E-state index contributed by atoms with van der Waals surface area (Å²) in [6, 6.07) is 5.67. The van der Waals surface area contributed by atoms with E-state index < -0.39 is 0 Å². The Balaban J connectivity index is 2.39. The number of hydrogen-bond acceptors (Lipinski definition) is 3. The number of carbonyl (C=O) groups excluding carboxylic acids is 1. The number of amides is 1. The average Bonchev–Trinajstić information content (AvgIpc) is 2.55. The van der Waals surface area contributed by atoms with Crippen molar-refractivity contribution in [1.82, 2.24) is 14.9 Å². The standard InChI is InChI=1S/C11H13BrN4O/c1-2-14-10(17)6-16-9-4-3-7(12)5-8(9)15-11(16)13/h3-5H,2,6H2,1H3,(H2,13,15)(H,14,17). The summed E-state index contributed by atoms with van der Waals surface area (Å²) >= 11 is 3.37. The molecular formula is C11H13BrN4O. The second-order valence-electron chi connectivity index (χ2n) is 3.64. The maximum Gasteiger partial charge on any atom is 0.240 e. The van der Waals surface area contributed by atoms with Gasteiger partial charge in [-0.15, -0.1) is 0 Å². The predicted molar refractivity (Wildman–Crippen MR) is 70.5 cm³/mol. The number of imidazole rings is 1. The molecular weight excluding hydrogens is 284 g/mol. The molecule has 0 unspecified atom stereocenters. The maximum absolute atomic E-state index is 11.5. The summed E-state index contributed by atoms with van der Waals surface area (Å²) in [6.45, 7) is 2.68. The molecule has 1 aromatic carbocycles. The Hall–Kier alpha value is -1.56. The van der Waals surface area contributed by atoms with E-state index in [9.17, 15) is 4.79 Å². The van der Waals surface area contributed by atoms with Crippen molar-refractivity contribution in [3.63, 3.8) is 0 Å². The Morgan fingerprint density at radius 3 is 3.06 bits per heavy atom. The van der Waals surface area contributed by atoms with Crippen LogP contribution in [0.2, 0.25) is 0 Å². The van der Waals surface area contributed by atoms with Crippen LogP contribution in [0.15, 0.2) is 22.7 Å². The summed E-state index contributed by atoms with van der Waals surface area (Å²) < 4.78 is 2.64. The lowest BCUT2D eigenvalue weighted by Gasteiger charge is -2.06. The Kier molecular flexibility index (Phi) is 3.33. The number of nitrogens with two attached hydrogens (primary N) is 1. The van der Waals surface area contributed by atoms with Crippen LogP contribution in [0, 0.1) is 0 Å². The van der Waals surface area contributed by atoms with E-state index in [1.165, 1.54) is 0 Å². The zero-order chi connectivity index (χ0) is 12.4. The average molecular weight is 297 g/mol. The van der Waals surface area contributed by atoms with E-state index in [-0.39, 0.29) is 12.5 Å². The molecule has 5 nitrogen and oxygen atoms in total. The Labute approximate surface area is 107 Å². The summed E-state index contributed by atoms with van der Waals surface area (Å²) in [5.74, 6) is 0.283. The number of nitrogen functional groups attached to an aromatic ring is 1. The number of halogens is 1. The SMILES string of the molecule is CCNC(=O)Cn1c(N)nc2cc(Br)ccc21. The highest BCUT2D eigenvalue weighted by atomic mass is 79.9. The first-order valence-corrected chi connectivity index (χ1v) is 6.09. The van der Waals surface area contributed by atoms with Crippen LogP contribution in [0.1, 0.15) is 6.92 Å². The molecule has 0 saturated heterocycles. The quantitative estimate of drug-likeness (QED) is 0.902. The Bertz CT molecular complexity index is 564. The van der Waals surface area contributed by atoms with Crippen LogP contribution < -0.4 is 11.1 Å². The molecule has 1 amide bonds. The molecule has 17 heavy (non-hydrogen) atoms. The topological polar surface area (TPSA) is 72.9 Å². The van der Waals surface area contributed by atoms with E-state index >= 15 is 0 Å². The highest BCUT2D eigenvalue weighted by Crippen LogP contribution is 2.21. The third-order valence-electron chi connectivity index (χ3n) is 2.42. The van der Waals surface area contributed by atoms with Crippen molar-refractivity contribution in [2.24, 2.45) is 0 Å². The molecule has 0 aliphatic heterocycles. The van der Waals surface area contributed by atoms with Crippen LogP contribution in [-0.4, -0.2) is 22.0 Å². The third-order valence-corrected chi connectivity index (χ3v) is 2.91. The molecule has 1 aromatic heterocycles. The van der Waals surface area contributed by atoms with Crippen LogP contribution in [-0.2, 0) is 11.3 Å². The van der Waals surface area contributed by atoms with Crippen molar-refractivity contribution in [3.8, 4) is 0 Å². The number of fused-ring (bicyclic) bond motifs is 1. The lowest BCUT2D eigenvalue weighted by atomic mass is 10.3. The van der Waals surface area contributed by atoms with Gasteiger partial charge in [0.1, 0.15) is 6.54 Å². The minimum absolute atomic E-state index is 0.0681. The number of aromatic nitrogens is 2. The van der Waals surface area contributed by atoms with Gasteiger partial charge in [0, 0.05) is 11.0 Å². The van der Waals surface area contributed by atoms with Crippen molar-refractivity contribution < 1.29 is 4.79 Å². The minimum Gasteiger partial charge on any atom is -0.369 e. The normalized spacial score (nSPS) is 10.7. The first-order valence-electron chi connectivity index (χ1n) is 5.29. The van der Waals surface area contributed by atoms with Gasteiger partial charge in [-0.25, -0.2) is 4.98 Å². The number of carbonyl (C=O) groups is 1. The summed E-state index contributed by atoms with van der Waals surface area (Å²) in [5.41, 5.74) is 7.44. The largest absolute Gasteiger partial charge is 0.369 e. The first kappa shape index (κ1) is 11.9. The van der Waals surface area contributed by atoms with Crippen LogP contribution in [0.4, 0.5) is 5.95 Å². The number of hydrogen-bond donors (Lipinski definition) is 2. The lowest BCUT2D eigenvalue weighted by molar-refractivity contribution is -0.121. The summed E-state index contributed by atoms with van der Waals surface area (Å²) in [4.78, 5) is 15.8. The molecule has 6 heteroatoms. The van der Waals surface area contributed by atoms with Crippen LogP contribution in [0.25, 0.3) is 11.0 Å². The smallest absolute Gasteiger partial charge is 0.240 e. The molecule has 0 atom stereocenters. The van der Waals surface area contributed by atoms with Gasteiger partial charge in [-0.3, -0.25) is 4.79 Å². The van der Waals surface area contributed by atoms with Crippen molar-refractivity contribution in [3.05, 3.63) is 22.7 Å². The monoisotopic (exact) mass is 296 g/mol. The molecule has 0 bridgehead atoms. The highest BCUT2D eigenvalue weighted by molar-refractivity contribution is 9.10. The number of benzene rings is 1. The van der Waals surface area contributed by atoms with Gasteiger partial charge >= 0.3 is 0 Å². The molecule has 3 N–H and O–H groups in total. The summed E-state index contributed by atoms with van der Waals surface area (Å²) in [5, 5.41) is 2.73. The number of rotatable bonds is 3. The van der Waals surface area contributed by atoms with Crippen LogP contribution in [0.5, 0.6) is 0 Å². The molecule has 2 rings (SSSR count). The van der Waals surface area contributed by atoms with Gasteiger partial charge in [0.05, 0.1) is 11.0 Å². The van der Waals surface area contributed by atoms with E-state index in [1.807, 2.05) is 25.1 Å². The second kappa shape index (κ2) is 4.75. The van der Waals surface area contributed by atoms with Crippen molar-refractivity contribution in [2.75, 3.05) is 12.3 Å². The molecule has 0 aliphatic carbocycles. The van der Waals surface area contributed by atoms with Gasteiger partial charge < -0.3 is 15.6 Å². The van der Waals surface area contributed by atoms with Gasteiger partial charge in [-0.05, 0) is 25.1 Å². The van der Waals surface area contributed by atoms with Crippen LogP contribution >= 0.6 is 15.9 Å². The van der Waals surface area contributed by atoms with Gasteiger partial charge in [0.25, 0.3) is 0 Å². The molecule has 1 heterocycles. The van der Waals surface area contributed by atoms with E-state index in [0.717, 1.165) is 15.5 Å². The molecule has 0 aliphatic rings. The van der Waals surface area contributed by atoms with E-state index in [4.69, 9.17) is 5.73 Å². The fourth-order valence-electron chi connectivity index (χ4n) is 1.68. The Morgan fingerprint density at radius 1 is 1.59 bits per heavy atom. The van der Waals surface area contributed by atoms with Gasteiger partial charge in [-0.1, -0.05) is 15.9 Å². The Morgan fingerprint density at radius 2 is 2.35 bits per heavy atom. The fourth-order valence-corrected chi connectivity index (χ4v) is 2.03. The second-order valence-corrected chi connectivity index (χ2v) is 4.56. The summed E-state index contributed by atoms with van der Waals surface area (Å²) in [7, 11) is 0. The molecule has 0 spiro atoms. The minimum atomic E-state index is -0.0681. The number of likely N-dealkylation sites (N-methyl/N-ethyl adjacent to an activating group) is 1. The third kappa shape index (κ3) is 2.41. The van der Waals surface area contributed by atoms with Gasteiger partial charge in [-0.2, -0.15) is 0 Å². The maximum atomic E-state index is 11.5. The van der Waals surface area contributed by atoms with Crippen molar-refractivity contribution in [2.45, 2.75) is 13.5 Å². The van der Waals surface area contributed by atoms with Crippen molar-refractivity contribution >= 4 is 38.8 Å². The molecule has 0 fully saturated rings. The molecule has 90 valence electrons. The zero-order valence-corrected chi connectivity index (χ0v) is 11.0. The van der Waals surface area contributed by atoms with Crippen LogP contribution in [0.3, 0.4) is 0 Å². The van der Waals surface area contributed by atoms with E-state index in [1.54, 1.807) is 4.57 Å². The molecule has 0 radical (unpaired) electrons. The lowest BCUT2D eigenvalue weighted by Crippen LogP contribution is -2.27. The molecule has 2 aromatic rings. The van der Waals surface area contributed by atoms with Crippen molar-refractivity contribution in [1.29, 1.82) is 0 Å². The van der Waals surface area contributed by atoms with E-state index in [0.29, 0.717) is 12.5 Å². The fraction of sp³-hybridized carbons (Fsp3) is 0.273. The van der Waals surface area contributed by atoms with Gasteiger partial charge in [0.15, 0.2) is 0 Å². The summed E-state index contributed by atoms with van der Waals surface area (Å²) in [6.07, 6.45) is 0. The number of nitrogens with zero attached hydrogens (tertiary/aromatic N) is 2. The number of nitrogens with one attached hydrogen (secondary N) is 1. The predicted octanol–water partition coefficient (Wildman–Crippen LogP) is 1.52. The zero-order valence-electron chi connectivity index (χ0n) is 9.40. The number of anilines is 1. The van der Waals surface area contributed by atoms with Gasteiger partial charge in [0.2, 0.25) is 11.9 Å². The molecule has 0 saturated carbocycles. The first-order chi connectivity index (χ1) is 8.11. The highest BCUT2D eigenvalue weighted by Gasteiger charge is 2.11. The van der Waals surface area contributed by atoms with E-state index in [2.05, 4.69) is 26.2 Å².